The average Bonchev–Trinajstić information content (AvgIpc) is 2.46. The number of ketones is 1. The molecule has 1 aromatic heterocycles. The van der Waals surface area contributed by atoms with Crippen LogP contribution in [0.5, 0.6) is 0 Å². The van der Waals surface area contributed by atoms with E-state index in [0.717, 1.165) is 42.0 Å². The monoisotopic (exact) mass is 254 g/mol. The van der Waals surface area contributed by atoms with Gasteiger partial charge in [-0.15, -0.1) is 0 Å². The van der Waals surface area contributed by atoms with Gasteiger partial charge in [0.1, 0.15) is 0 Å². The molecule has 2 unspecified atom stereocenters. The minimum Gasteiger partial charge on any atom is -0.328 e. The van der Waals surface area contributed by atoms with Crippen molar-refractivity contribution in [2.24, 2.45) is 11.7 Å². The van der Waals surface area contributed by atoms with E-state index in [9.17, 15) is 4.79 Å². The van der Waals surface area contributed by atoms with Crippen LogP contribution in [0.15, 0.2) is 36.7 Å². The van der Waals surface area contributed by atoms with Crippen LogP contribution < -0.4 is 5.73 Å². The standard InChI is InChI=1S/C16H18N2O/c17-13-5-1-3-11(9-13)16(19)15-6-2-4-12-10-18-8-7-14(12)15/h2,4,6-8,10-11,13H,1,3,5,9,17H2. The predicted molar refractivity (Wildman–Crippen MR) is 76.0 cm³/mol. The van der Waals surface area contributed by atoms with E-state index in [0.29, 0.717) is 0 Å². The van der Waals surface area contributed by atoms with E-state index in [1.54, 1.807) is 12.4 Å². The summed E-state index contributed by atoms with van der Waals surface area (Å²) in [6.07, 6.45) is 7.44. The molecular weight excluding hydrogens is 236 g/mol. The maximum atomic E-state index is 12.7. The van der Waals surface area contributed by atoms with Crippen molar-refractivity contribution in [3.8, 4) is 0 Å². The highest BCUT2D eigenvalue weighted by molar-refractivity contribution is 6.08. The zero-order valence-electron chi connectivity index (χ0n) is 10.9. The number of nitrogens with zero attached hydrogens (tertiary/aromatic N) is 1. The van der Waals surface area contributed by atoms with Gasteiger partial charge in [-0.25, -0.2) is 0 Å². The Morgan fingerprint density at radius 1 is 1.26 bits per heavy atom. The molecule has 19 heavy (non-hydrogen) atoms. The molecule has 1 fully saturated rings. The van der Waals surface area contributed by atoms with Crippen LogP contribution in [-0.4, -0.2) is 16.8 Å². The average molecular weight is 254 g/mol. The number of nitrogens with two attached hydrogens (primary N) is 1. The van der Waals surface area contributed by atoms with Gasteiger partial charge in [0.25, 0.3) is 0 Å². The fourth-order valence-corrected chi connectivity index (χ4v) is 3.02. The zero-order chi connectivity index (χ0) is 13.2. The first-order valence-electron chi connectivity index (χ1n) is 6.88. The molecule has 0 aliphatic heterocycles. The van der Waals surface area contributed by atoms with Gasteiger partial charge in [0.2, 0.25) is 0 Å². The molecule has 3 nitrogen and oxygen atoms in total. The number of rotatable bonds is 2. The molecular formula is C16H18N2O. The molecule has 0 amide bonds. The van der Waals surface area contributed by atoms with Crippen LogP contribution >= 0.6 is 0 Å². The third-order valence-corrected chi connectivity index (χ3v) is 4.03. The summed E-state index contributed by atoms with van der Waals surface area (Å²) in [5.41, 5.74) is 6.81. The molecule has 2 atom stereocenters. The van der Waals surface area contributed by atoms with Gasteiger partial charge in [0.05, 0.1) is 0 Å². The maximum Gasteiger partial charge on any atom is 0.166 e. The lowest BCUT2D eigenvalue weighted by atomic mass is 9.81. The topological polar surface area (TPSA) is 56.0 Å². The summed E-state index contributed by atoms with van der Waals surface area (Å²) in [6.45, 7) is 0. The number of carbonyl (C=O) groups is 1. The molecule has 1 aliphatic rings. The van der Waals surface area contributed by atoms with Gasteiger partial charge >= 0.3 is 0 Å². The van der Waals surface area contributed by atoms with E-state index in [1.807, 2.05) is 24.3 Å². The van der Waals surface area contributed by atoms with E-state index in [1.165, 1.54) is 0 Å². The Balaban J connectivity index is 1.97. The highest BCUT2D eigenvalue weighted by Gasteiger charge is 2.26. The van der Waals surface area contributed by atoms with Gasteiger partial charge < -0.3 is 5.73 Å². The number of aromatic nitrogens is 1. The second-order valence-electron chi connectivity index (χ2n) is 5.39. The molecule has 98 valence electrons. The van der Waals surface area contributed by atoms with Gasteiger partial charge in [-0.05, 0) is 30.7 Å². The lowest BCUT2D eigenvalue weighted by molar-refractivity contribution is 0.0883. The smallest absolute Gasteiger partial charge is 0.166 e. The van der Waals surface area contributed by atoms with Gasteiger partial charge in [-0.2, -0.15) is 0 Å². The lowest BCUT2D eigenvalue weighted by Gasteiger charge is -2.25. The summed E-state index contributed by atoms with van der Waals surface area (Å²) in [5, 5.41) is 2.02. The fourth-order valence-electron chi connectivity index (χ4n) is 3.02. The molecule has 3 rings (SSSR count). The molecule has 2 N–H and O–H groups in total. The van der Waals surface area contributed by atoms with Crippen LogP contribution in [0.4, 0.5) is 0 Å². The lowest BCUT2D eigenvalue weighted by Crippen LogP contribution is -2.31. The molecule has 0 radical (unpaired) electrons. The van der Waals surface area contributed by atoms with Gasteiger partial charge in [0, 0.05) is 35.3 Å². The minimum atomic E-state index is 0.0857. The molecule has 0 bridgehead atoms. The van der Waals surface area contributed by atoms with Crippen molar-refractivity contribution in [2.75, 3.05) is 0 Å². The van der Waals surface area contributed by atoms with E-state index in [4.69, 9.17) is 5.73 Å². The van der Waals surface area contributed by atoms with Crippen LogP contribution in [0.25, 0.3) is 10.8 Å². The molecule has 1 aliphatic carbocycles. The molecule has 0 saturated heterocycles. The summed E-state index contributed by atoms with van der Waals surface area (Å²) >= 11 is 0. The van der Waals surface area contributed by atoms with Crippen molar-refractivity contribution in [3.63, 3.8) is 0 Å². The Morgan fingerprint density at radius 3 is 3.00 bits per heavy atom. The maximum absolute atomic E-state index is 12.7. The summed E-state index contributed by atoms with van der Waals surface area (Å²) < 4.78 is 0. The molecule has 1 aromatic carbocycles. The van der Waals surface area contributed by atoms with Crippen molar-refractivity contribution >= 4 is 16.6 Å². The number of Topliss-reactive ketones (excluding diaryl/α,β-unsaturated/α-hetero) is 1. The summed E-state index contributed by atoms with van der Waals surface area (Å²) in [6, 6.07) is 7.95. The SMILES string of the molecule is NC1CCCC(C(=O)c2cccc3cnccc23)C1. The normalized spacial score (nSPS) is 23.4. The molecule has 0 spiro atoms. The summed E-state index contributed by atoms with van der Waals surface area (Å²) in [7, 11) is 0. The van der Waals surface area contributed by atoms with Crippen molar-refractivity contribution in [1.29, 1.82) is 0 Å². The Kier molecular flexibility index (Phi) is 3.30. The number of hydrogen-bond donors (Lipinski definition) is 1. The first-order chi connectivity index (χ1) is 9.25. The van der Waals surface area contributed by atoms with E-state index < -0.39 is 0 Å². The Labute approximate surface area is 112 Å². The summed E-state index contributed by atoms with van der Waals surface area (Å²) in [5.74, 6) is 0.328. The van der Waals surface area contributed by atoms with Gasteiger partial charge in [-0.3, -0.25) is 9.78 Å². The van der Waals surface area contributed by atoms with E-state index in [2.05, 4.69) is 4.98 Å². The van der Waals surface area contributed by atoms with Crippen molar-refractivity contribution < 1.29 is 4.79 Å². The second-order valence-corrected chi connectivity index (χ2v) is 5.39. The van der Waals surface area contributed by atoms with E-state index >= 15 is 0 Å². The molecule has 1 saturated carbocycles. The number of pyridine rings is 1. The second kappa shape index (κ2) is 5.10. The van der Waals surface area contributed by atoms with Crippen LogP contribution in [0.2, 0.25) is 0 Å². The first kappa shape index (κ1) is 12.3. The fraction of sp³-hybridized carbons (Fsp3) is 0.375. The van der Waals surface area contributed by atoms with Crippen LogP contribution in [0.1, 0.15) is 36.0 Å². The Hall–Kier alpha value is -1.74. The molecule has 1 heterocycles. The van der Waals surface area contributed by atoms with Crippen molar-refractivity contribution in [2.45, 2.75) is 31.7 Å². The number of benzene rings is 1. The van der Waals surface area contributed by atoms with Gasteiger partial charge in [0.15, 0.2) is 5.78 Å². The predicted octanol–water partition coefficient (Wildman–Crippen LogP) is 2.94. The first-order valence-corrected chi connectivity index (χ1v) is 6.88. The van der Waals surface area contributed by atoms with Crippen molar-refractivity contribution in [3.05, 3.63) is 42.2 Å². The largest absolute Gasteiger partial charge is 0.328 e. The van der Waals surface area contributed by atoms with Crippen molar-refractivity contribution in [1.82, 2.24) is 4.98 Å². The van der Waals surface area contributed by atoms with Crippen LogP contribution in [0, 0.1) is 5.92 Å². The third kappa shape index (κ3) is 2.38. The zero-order valence-corrected chi connectivity index (χ0v) is 10.9. The number of hydrogen-bond acceptors (Lipinski definition) is 3. The van der Waals surface area contributed by atoms with Crippen LogP contribution in [0.3, 0.4) is 0 Å². The number of carbonyl (C=O) groups excluding carboxylic acids is 1. The molecule has 3 heteroatoms. The van der Waals surface area contributed by atoms with Gasteiger partial charge in [-0.1, -0.05) is 24.6 Å². The highest BCUT2D eigenvalue weighted by Crippen LogP contribution is 2.29. The third-order valence-electron chi connectivity index (χ3n) is 4.03. The number of fused-ring (bicyclic) bond motifs is 1. The summed E-state index contributed by atoms with van der Waals surface area (Å²) in [4.78, 5) is 16.8. The Morgan fingerprint density at radius 2 is 2.16 bits per heavy atom. The Bertz CT molecular complexity index is 603. The van der Waals surface area contributed by atoms with Crippen LogP contribution in [-0.2, 0) is 0 Å². The minimum absolute atomic E-state index is 0.0857. The highest BCUT2D eigenvalue weighted by atomic mass is 16.1. The quantitative estimate of drug-likeness (QED) is 0.838. The molecule has 2 aromatic rings. The van der Waals surface area contributed by atoms with E-state index in [-0.39, 0.29) is 17.7 Å².